The minimum absolute atomic E-state index is 0.0595. The van der Waals surface area contributed by atoms with E-state index in [2.05, 4.69) is 139 Å². The molecule has 8 rings (SSSR count). The average molecular weight is 726 g/mol. The summed E-state index contributed by atoms with van der Waals surface area (Å²) in [5.74, 6) is 0. The summed E-state index contributed by atoms with van der Waals surface area (Å²) in [6.45, 7) is 24.4. The molecule has 5 aromatic rings. The molecule has 3 heterocycles. The molecule has 1 aliphatic carbocycles. The number of rotatable bonds is 2. The van der Waals surface area contributed by atoms with E-state index >= 15 is 0 Å². The van der Waals surface area contributed by atoms with Crippen LogP contribution in [-0.4, -0.2) is 6.71 Å². The molecule has 0 radical (unpaired) electrons. The van der Waals surface area contributed by atoms with Gasteiger partial charge in [-0.25, -0.2) is 0 Å². The quantitative estimate of drug-likeness (QED) is 0.164. The van der Waals surface area contributed by atoms with Gasteiger partial charge in [0, 0.05) is 47.7 Å². The van der Waals surface area contributed by atoms with Gasteiger partial charge in [0.05, 0.1) is 5.69 Å². The number of hydrogen-bond donors (Lipinski definition) is 0. The SMILES string of the molecule is [2H]C([2H])([2H])c1cc2c3c(c1)N(c1ccc(C(C)(C)C)cc1)c1c(sc4c1C(C)(C)C([2H])([2H])C([2H])([2H])C4(C)C)B3c1cc(C(C)(C)C)ccc1N2c1ccc(C(C)(C)C)cc1. The summed E-state index contributed by atoms with van der Waals surface area (Å²) in [5, 5.41) is 0. The normalized spacial score (nSPS) is 21.4. The summed E-state index contributed by atoms with van der Waals surface area (Å²) in [7, 11) is 0. The van der Waals surface area contributed by atoms with Gasteiger partial charge in [0.1, 0.15) is 0 Å². The van der Waals surface area contributed by atoms with Crippen molar-refractivity contribution in [3.8, 4) is 0 Å². The second-order valence-electron chi connectivity index (χ2n) is 19.7. The van der Waals surface area contributed by atoms with Crippen molar-refractivity contribution in [2.45, 2.75) is 137 Å². The Bertz CT molecular complexity index is 2550. The lowest BCUT2D eigenvalue weighted by Crippen LogP contribution is -2.61. The van der Waals surface area contributed by atoms with Crippen LogP contribution in [0.25, 0.3) is 0 Å². The molecular weight excluding hydrogens is 659 g/mol. The molecule has 274 valence electrons. The van der Waals surface area contributed by atoms with Gasteiger partial charge in [-0.05, 0) is 128 Å². The van der Waals surface area contributed by atoms with Crippen LogP contribution in [0.5, 0.6) is 0 Å². The number of fused-ring (bicyclic) bond motifs is 6. The number of thiophene rings is 1. The van der Waals surface area contributed by atoms with E-state index in [0.717, 1.165) is 65.8 Å². The Morgan fingerprint density at radius 2 is 1.11 bits per heavy atom. The largest absolute Gasteiger partial charge is 0.311 e. The Morgan fingerprint density at radius 3 is 1.64 bits per heavy atom. The fourth-order valence-electron chi connectivity index (χ4n) is 8.50. The topological polar surface area (TPSA) is 6.48 Å². The molecule has 4 aromatic carbocycles. The van der Waals surface area contributed by atoms with Gasteiger partial charge >= 0.3 is 0 Å². The van der Waals surface area contributed by atoms with Crippen LogP contribution in [0.3, 0.4) is 0 Å². The van der Waals surface area contributed by atoms with E-state index in [4.69, 9.17) is 4.11 Å². The van der Waals surface area contributed by atoms with E-state index in [1.807, 2.05) is 39.8 Å². The molecule has 0 atom stereocenters. The summed E-state index contributed by atoms with van der Waals surface area (Å²) >= 11 is 1.61. The first-order chi connectivity index (χ1) is 27.3. The van der Waals surface area contributed by atoms with Gasteiger partial charge in [-0.3, -0.25) is 0 Å². The van der Waals surface area contributed by atoms with Crippen molar-refractivity contribution in [3.05, 3.63) is 112 Å². The Labute approximate surface area is 334 Å². The van der Waals surface area contributed by atoms with Crippen LogP contribution in [0.15, 0.2) is 78.9 Å². The summed E-state index contributed by atoms with van der Waals surface area (Å²) in [6, 6.07) is 27.5. The number of anilines is 6. The highest BCUT2D eigenvalue weighted by Crippen LogP contribution is 2.56. The molecule has 1 aromatic heterocycles. The van der Waals surface area contributed by atoms with E-state index in [0.29, 0.717) is 0 Å². The van der Waals surface area contributed by atoms with Gasteiger partial charge in [0.15, 0.2) is 0 Å². The number of benzene rings is 4. The van der Waals surface area contributed by atoms with Gasteiger partial charge < -0.3 is 9.80 Å². The smallest absolute Gasteiger partial charge is 0.264 e. The molecule has 53 heavy (non-hydrogen) atoms. The summed E-state index contributed by atoms with van der Waals surface area (Å²) < 4.78 is 65.9. The third kappa shape index (κ3) is 5.73. The molecule has 0 N–H and O–H groups in total. The van der Waals surface area contributed by atoms with Gasteiger partial charge in [0.25, 0.3) is 6.71 Å². The van der Waals surface area contributed by atoms with Crippen LogP contribution >= 0.6 is 11.3 Å². The monoisotopic (exact) mass is 725 g/mol. The molecule has 0 spiro atoms. The first-order valence-electron chi connectivity index (χ1n) is 22.7. The molecule has 2 nitrogen and oxygen atoms in total. The van der Waals surface area contributed by atoms with Crippen molar-refractivity contribution in [1.82, 2.24) is 0 Å². The fraction of sp³-hybridized carbons (Fsp3) is 0.429. The molecule has 2 aliphatic heterocycles. The molecule has 0 bridgehead atoms. The highest BCUT2D eigenvalue weighted by Gasteiger charge is 2.50. The van der Waals surface area contributed by atoms with Crippen molar-refractivity contribution < 1.29 is 9.60 Å². The third-order valence-electron chi connectivity index (χ3n) is 11.6. The van der Waals surface area contributed by atoms with E-state index in [1.165, 1.54) is 11.1 Å². The Balaban J connectivity index is 1.56. The Kier molecular flexibility index (Phi) is 6.29. The first kappa shape index (κ1) is 28.7. The predicted molar refractivity (Wildman–Crippen MR) is 234 cm³/mol. The number of hydrogen-bond acceptors (Lipinski definition) is 3. The zero-order valence-corrected chi connectivity index (χ0v) is 34.7. The molecule has 0 saturated heterocycles. The van der Waals surface area contributed by atoms with Gasteiger partial charge in [0.2, 0.25) is 0 Å². The van der Waals surface area contributed by atoms with Crippen molar-refractivity contribution >= 4 is 67.9 Å². The zero-order valence-electron chi connectivity index (χ0n) is 40.9. The van der Waals surface area contributed by atoms with Crippen LogP contribution in [-0.2, 0) is 27.1 Å². The van der Waals surface area contributed by atoms with E-state index in [1.54, 1.807) is 11.3 Å². The minimum Gasteiger partial charge on any atom is -0.311 e. The van der Waals surface area contributed by atoms with E-state index < -0.39 is 30.4 Å². The highest BCUT2D eigenvalue weighted by molar-refractivity contribution is 7.29. The van der Waals surface area contributed by atoms with Crippen LogP contribution in [0.1, 0.15) is 145 Å². The summed E-state index contributed by atoms with van der Waals surface area (Å²) in [6.07, 6.45) is -4.48. The van der Waals surface area contributed by atoms with Crippen molar-refractivity contribution in [2.75, 3.05) is 9.80 Å². The standard InChI is InChI=1S/C49H59BN2S/c1-30-27-38-41-39(28-30)52(35-22-17-32(18-23-35)46(5,6)7)42-40-43(49(13,14)26-25-48(40,11)12)53-44(42)50(41)36-29-33(47(8,9)10)19-24-37(36)51(38)34-20-15-31(16-21-34)45(2,3)4/h15-24,27-29H,25-26H2,1-14H3/i1D3,25D2,26D2. The van der Waals surface area contributed by atoms with Crippen LogP contribution in [0.4, 0.5) is 34.1 Å². The van der Waals surface area contributed by atoms with Crippen molar-refractivity contribution in [1.29, 1.82) is 0 Å². The maximum atomic E-state index is 9.63. The Morgan fingerprint density at radius 1 is 0.623 bits per heavy atom. The molecule has 3 aliphatic rings. The highest BCUT2D eigenvalue weighted by atomic mass is 32.1. The van der Waals surface area contributed by atoms with Gasteiger partial charge in [-0.15, -0.1) is 0 Å². The average Bonchev–Trinajstić information content (AvgIpc) is 3.54. The number of aryl methyl sites for hydroxylation is 1. The van der Waals surface area contributed by atoms with Crippen molar-refractivity contribution in [2.24, 2.45) is 0 Å². The van der Waals surface area contributed by atoms with E-state index in [-0.39, 0.29) is 28.5 Å². The van der Waals surface area contributed by atoms with Gasteiger partial charge in [-0.1, -0.05) is 126 Å². The number of nitrogens with zero attached hydrogens (tertiary/aromatic N) is 2. The molecule has 0 saturated carbocycles. The lowest BCUT2D eigenvalue weighted by molar-refractivity contribution is 0.339. The maximum absolute atomic E-state index is 9.63. The molecular formula is C49H59BN2S. The lowest BCUT2D eigenvalue weighted by atomic mass is 9.35. The molecule has 0 fully saturated rings. The second-order valence-corrected chi connectivity index (χ2v) is 20.7. The van der Waals surface area contributed by atoms with E-state index in [9.17, 15) is 5.48 Å². The lowest BCUT2D eigenvalue weighted by Gasteiger charge is -2.45. The molecule has 0 unspecified atom stereocenters. The maximum Gasteiger partial charge on any atom is 0.264 e. The second kappa shape index (κ2) is 11.6. The predicted octanol–water partition coefficient (Wildman–Crippen LogP) is 12.4. The van der Waals surface area contributed by atoms with Crippen molar-refractivity contribution in [3.63, 3.8) is 0 Å². The first-order valence-corrected chi connectivity index (χ1v) is 20.0. The Hall–Kier alpha value is -3.76. The molecule has 0 amide bonds. The minimum atomic E-state index is -2.44. The van der Waals surface area contributed by atoms with Crippen LogP contribution < -0.4 is 25.5 Å². The van der Waals surface area contributed by atoms with Crippen LogP contribution in [0.2, 0.25) is 0 Å². The third-order valence-corrected chi connectivity index (χ3v) is 13.2. The zero-order chi connectivity index (χ0) is 44.3. The summed E-state index contributed by atoms with van der Waals surface area (Å²) in [5.41, 5.74) is 8.88. The summed E-state index contributed by atoms with van der Waals surface area (Å²) in [4.78, 5) is 5.26. The van der Waals surface area contributed by atoms with Gasteiger partial charge in [-0.2, -0.15) is 11.3 Å². The van der Waals surface area contributed by atoms with Crippen LogP contribution in [0, 0.1) is 6.85 Å². The molecule has 4 heteroatoms. The fourth-order valence-corrected chi connectivity index (χ4v) is 10.1.